The first-order valence-corrected chi connectivity index (χ1v) is 9.58. The zero-order chi connectivity index (χ0) is 21.5. The molecular weight excluding hydrogens is 378 g/mol. The predicted molar refractivity (Wildman–Crippen MR) is 117 cm³/mol. The molecule has 0 saturated heterocycles. The van der Waals surface area contributed by atoms with Gasteiger partial charge in [-0.25, -0.2) is 0 Å². The molecule has 6 heteroatoms. The molecule has 0 saturated carbocycles. The third kappa shape index (κ3) is 5.32. The Bertz CT molecular complexity index is 1060. The Morgan fingerprint density at radius 2 is 1.47 bits per heavy atom. The van der Waals surface area contributed by atoms with Gasteiger partial charge in [-0.05, 0) is 48.9 Å². The van der Waals surface area contributed by atoms with Gasteiger partial charge in [-0.1, -0.05) is 42.5 Å². The Morgan fingerprint density at radius 3 is 2.20 bits per heavy atom. The van der Waals surface area contributed by atoms with Crippen molar-refractivity contribution >= 4 is 29.1 Å². The van der Waals surface area contributed by atoms with Crippen LogP contribution in [0.2, 0.25) is 0 Å². The number of amides is 3. The Hall–Kier alpha value is -3.93. The van der Waals surface area contributed by atoms with Crippen LogP contribution in [-0.2, 0) is 4.79 Å². The zero-order valence-corrected chi connectivity index (χ0v) is 16.8. The minimum atomic E-state index is -0.309. The van der Waals surface area contributed by atoms with Crippen LogP contribution in [0, 0.1) is 0 Å². The second-order valence-electron chi connectivity index (χ2n) is 6.87. The molecule has 0 bridgehead atoms. The fourth-order valence-electron chi connectivity index (χ4n) is 3.02. The van der Waals surface area contributed by atoms with Crippen LogP contribution in [0.4, 0.5) is 11.4 Å². The van der Waals surface area contributed by atoms with Gasteiger partial charge in [-0.2, -0.15) is 0 Å². The number of hydrogen-bond donors (Lipinski definition) is 3. The van der Waals surface area contributed by atoms with Gasteiger partial charge in [0.05, 0.1) is 17.3 Å². The lowest BCUT2D eigenvalue weighted by Gasteiger charge is -2.17. The second kappa shape index (κ2) is 9.52. The number of hydrogen-bond acceptors (Lipinski definition) is 3. The highest BCUT2D eigenvalue weighted by Gasteiger charge is 2.17. The van der Waals surface area contributed by atoms with Crippen molar-refractivity contribution in [3.05, 3.63) is 95.6 Å². The van der Waals surface area contributed by atoms with E-state index in [1.54, 1.807) is 54.6 Å². The van der Waals surface area contributed by atoms with Crippen LogP contribution < -0.4 is 16.0 Å². The molecule has 30 heavy (non-hydrogen) atoms. The van der Waals surface area contributed by atoms with E-state index in [-0.39, 0.29) is 23.8 Å². The second-order valence-corrected chi connectivity index (χ2v) is 6.87. The average Bonchev–Trinajstić information content (AvgIpc) is 2.74. The molecule has 0 aromatic heterocycles. The number of para-hydroxylation sites is 1. The summed E-state index contributed by atoms with van der Waals surface area (Å²) in [5.41, 5.74) is 2.82. The van der Waals surface area contributed by atoms with Crippen molar-refractivity contribution in [1.29, 1.82) is 0 Å². The maximum Gasteiger partial charge on any atom is 0.255 e. The van der Waals surface area contributed by atoms with Gasteiger partial charge in [-0.3, -0.25) is 14.4 Å². The molecule has 0 aliphatic rings. The smallest absolute Gasteiger partial charge is 0.255 e. The van der Waals surface area contributed by atoms with Crippen LogP contribution >= 0.6 is 0 Å². The highest BCUT2D eigenvalue weighted by molar-refractivity contribution is 6.09. The first kappa shape index (κ1) is 20.8. The predicted octanol–water partition coefficient (Wildman–Crippen LogP) is 4.39. The Labute approximate surface area is 175 Å². The topological polar surface area (TPSA) is 87.3 Å². The standard InChI is InChI=1S/C24H23N3O3/c1-16(19-11-8-12-20(15-19)26-17(2)28)25-24(30)21-13-6-7-14-22(21)27-23(29)18-9-4-3-5-10-18/h3-16H,1-2H3,(H,25,30)(H,26,28)(H,27,29). The Morgan fingerprint density at radius 1 is 0.767 bits per heavy atom. The van der Waals surface area contributed by atoms with E-state index >= 15 is 0 Å². The SMILES string of the molecule is CC(=O)Nc1cccc(C(C)NC(=O)c2ccccc2NC(=O)c2ccccc2)c1. The van der Waals surface area contributed by atoms with Gasteiger partial charge in [0.1, 0.15) is 0 Å². The van der Waals surface area contributed by atoms with E-state index in [0.717, 1.165) is 5.56 Å². The molecule has 0 spiro atoms. The fraction of sp³-hybridized carbons (Fsp3) is 0.125. The van der Waals surface area contributed by atoms with Crippen molar-refractivity contribution < 1.29 is 14.4 Å². The van der Waals surface area contributed by atoms with E-state index in [9.17, 15) is 14.4 Å². The van der Waals surface area contributed by atoms with Gasteiger partial charge in [0, 0.05) is 18.2 Å². The van der Waals surface area contributed by atoms with E-state index in [1.165, 1.54) is 6.92 Å². The van der Waals surface area contributed by atoms with Crippen LogP contribution in [0.1, 0.15) is 46.2 Å². The summed E-state index contributed by atoms with van der Waals surface area (Å²) in [6, 6.07) is 22.7. The number of carbonyl (C=O) groups is 3. The molecule has 0 fully saturated rings. The molecule has 0 heterocycles. The van der Waals surface area contributed by atoms with Crippen LogP contribution in [0.25, 0.3) is 0 Å². The molecule has 3 aromatic rings. The number of nitrogens with one attached hydrogen (secondary N) is 3. The maximum absolute atomic E-state index is 12.9. The summed E-state index contributed by atoms with van der Waals surface area (Å²) < 4.78 is 0. The Kier molecular flexibility index (Phi) is 6.60. The van der Waals surface area contributed by atoms with Crippen molar-refractivity contribution in [1.82, 2.24) is 5.32 Å². The molecule has 3 N–H and O–H groups in total. The molecule has 3 amide bonds. The summed E-state index contributed by atoms with van der Waals surface area (Å²) in [4.78, 5) is 36.6. The minimum Gasteiger partial charge on any atom is -0.345 e. The van der Waals surface area contributed by atoms with Gasteiger partial charge in [0.2, 0.25) is 5.91 Å². The molecule has 0 aliphatic carbocycles. The first-order chi connectivity index (χ1) is 14.4. The average molecular weight is 401 g/mol. The molecule has 1 atom stereocenters. The lowest BCUT2D eigenvalue weighted by Crippen LogP contribution is -2.28. The van der Waals surface area contributed by atoms with Crippen LogP contribution in [0.15, 0.2) is 78.9 Å². The number of carbonyl (C=O) groups excluding carboxylic acids is 3. The zero-order valence-electron chi connectivity index (χ0n) is 16.8. The lowest BCUT2D eigenvalue weighted by molar-refractivity contribution is -0.114. The molecule has 1 unspecified atom stereocenters. The summed E-state index contributed by atoms with van der Waals surface area (Å²) in [7, 11) is 0. The number of benzene rings is 3. The minimum absolute atomic E-state index is 0.160. The van der Waals surface area contributed by atoms with Crippen molar-refractivity contribution in [3.8, 4) is 0 Å². The highest BCUT2D eigenvalue weighted by Crippen LogP contribution is 2.21. The van der Waals surface area contributed by atoms with Crippen LogP contribution in [0.5, 0.6) is 0 Å². The van der Waals surface area contributed by atoms with Crippen molar-refractivity contribution in [2.45, 2.75) is 19.9 Å². The van der Waals surface area contributed by atoms with Gasteiger partial charge in [0.25, 0.3) is 11.8 Å². The van der Waals surface area contributed by atoms with Crippen LogP contribution in [-0.4, -0.2) is 17.7 Å². The van der Waals surface area contributed by atoms with Crippen molar-refractivity contribution in [2.75, 3.05) is 10.6 Å². The first-order valence-electron chi connectivity index (χ1n) is 9.58. The third-order valence-electron chi connectivity index (χ3n) is 4.51. The maximum atomic E-state index is 12.9. The van der Waals surface area contributed by atoms with E-state index in [1.807, 2.05) is 31.2 Å². The fourth-order valence-corrected chi connectivity index (χ4v) is 3.02. The summed E-state index contributed by atoms with van der Waals surface area (Å²) in [5.74, 6) is -0.754. The highest BCUT2D eigenvalue weighted by atomic mass is 16.2. The third-order valence-corrected chi connectivity index (χ3v) is 4.51. The van der Waals surface area contributed by atoms with E-state index in [4.69, 9.17) is 0 Å². The summed E-state index contributed by atoms with van der Waals surface area (Å²) in [6.45, 7) is 3.30. The Balaban J connectivity index is 1.74. The quantitative estimate of drug-likeness (QED) is 0.572. The van der Waals surface area contributed by atoms with Crippen molar-refractivity contribution in [3.63, 3.8) is 0 Å². The number of rotatable bonds is 6. The lowest BCUT2D eigenvalue weighted by atomic mass is 10.1. The monoisotopic (exact) mass is 401 g/mol. The normalized spacial score (nSPS) is 11.3. The molecule has 0 radical (unpaired) electrons. The molecule has 152 valence electrons. The largest absolute Gasteiger partial charge is 0.345 e. The van der Waals surface area contributed by atoms with Gasteiger partial charge in [-0.15, -0.1) is 0 Å². The molecule has 3 rings (SSSR count). The number of anilines is 2. The van der Waals surface area contributed by atoms with Gasteiger partial charge in [0.15, 0.2) is 0 Å². The van der Waals surface area contributed by atoms with E-state index in [2.05, 4.69) is 16.0 Å². The molecular formula is C24H23N3O3. The molecule has 6 nitrogen and oxygen atoms in total. The van der Waals surface area contributed by atoms with Crippen molar-refractivity contribution in [2.24, 2.45) is 0 Å². The van der Waals surface area contributed by atoms with E-state index < -0.39 is 0 Å². The van der Waals surface area contributed by atoms with E-state index in [0.29, 0.717) is 22.5 Å². The summed E-state index contributed by atoms with van der Waals surface area (Å²) in [6.07, 6.45) is 0. The molecule has 0 aliphatic heterocycles. The van der Waals surface area contributed by atoms with Crippen LogP contribution in [0.3, 0.4) is 0 Å². The summed E-state index contributed by atoms with van der Waals surface area (Å²) >= 11 is 0. The summed E-state index contributed by atoms with van der Waals surface area (Å²) in [5, 5.41) is 8.48. The van der Waals surface area contributed by atoms with Gasteiger partial charge >= 0.3 is 0 Å². The van der Waals surface area contributed by atoms with Gasteiger partial charge < -0.3 is 16.0 Å². The molecule has 3 aromatic carbocycles.